The molecule has 4 atom stereocenters. The molecule has 2 bridgehead atoms. The monoisotopic (exact) mass is 257 g/mol. The molecule has 0 aromatic carbocycles. The van der Waals surface area contributed by atoms with Gasteiger partial charge in [0, 0.05) is 18.3 Å². The SMILES string of the molecule is CCS(=O)(=O)CCNC(C)C1CC2C=CC1C2. The van der Waals surface area contributed by atoms with Gasteiger partial charge in [0.05, 0.1) is 5.75 Å². The van der Waals surface area contributed by atoms with Gasteiger partial charge in [-0.1, -0.05) is 19.1 Å². The van der Waals surface area contributed by atoms with Gasteiger partial charge in [-0.05, 0) is 37.5 Å². The quantitative estimate of drug-likeness (QED) is 0.735. The van der Waals surface area contributed by atoms with Crippen molar-refractivity contribution in [2.75, 3.05) is 18.1 Å². The Labute approximate surface area is 105 Å². The van der Waals surface area contributed by atoms with Crippen molar-refractivity contribution in [1.29, 1.82) is 0 Å². The minimum atomic E-state index is -2.83. The first-order chi connectivity index (χ1) is 8.02. The highest BCUT2D eigenvalue weighted by molar-refractivity contribution is 7.91. The molecule has 0 aromatic heterocycles. The van der Waals surface area contributed by atoms with Crippen LogP contribution in [0, 0.1) is 17.8 Å². The van der Waals surface area contributed by atoms with E-state index in [9.17, 15) is 8.42 Å². The molecule has 1 fully saturated rings. The standard InChI is InChI=1S/C13H23NO2S/c1-3-17(15,16)7-6-14-10(2)13-9-11-4-5-12(13)8-11/h4-5,10-14H,3,6-9H2,1-2H3. The lowest BCUT2D eigenvalue weighted by atomic mass is 9.87. The second-order valence-corrected chi connectivity index (χ2v) is 7.90. The largest absolute Gasteiger partial charge is 0.313 e. The molecule has 0 aromatic rings. The summed E-state index contributed by atoms with van der Waals surface area (Å²) >= 11 is 0. The first-order valence-corrected chi connectivity index (χ1v) is 8.46. The van der Waals surface area contributed by atoms with Gasteiger partial charge >= 0.3 is 0 Å². The van der Waals surface area contributed by atoms with Gasteiger partial charge in [-0.2, -0.15) is 0 Å². The summed E-state index contributed by atoms with van der Waals surface area (Å²) in [6, 6.07) is 0.432. The van der Waals surface area contributed by atoms with Crippen LogP contribution in [-0.4, -0.2) is 32.5 Å². The number of fused-ring (bicyclic) bond motifs is 2. The summed E-state index contributed by atoms with van der Waals surface area (Å²) < 4.78 is 22.8. The first-order valence-electron chi connectivity index (χ1n) is 6.64. The van der Waals surface area contributed by atoms with Gasteiger partial charge in [0.15, 0.2) is 9.84 Å². The fraction of sp³-hybridized carbons (Fsp3) is 0.846. The zero-order valence-corrected chi connectivity index (χ0v) is 11.5. The molecule has 0 spiro atoms. The van der Waals surface area contributed by atoms with Crippen molar-refractivity contribution in [3.63, 3.8) is 0 Å². The van der Waals surface area contributed by atoms with Crippen LogP contribution in [0.15, 0.2) is 12.2 Å². The summed E-state index contributed by atoms with van der Waals surface area (Å²) in [4.78, 5) is 0. The molecule has 2 rings (SSSR count). The number of nitrogens with one attached hydrogen (secondary N) is 1. The summed E-state index contributed by atoms with van der Waals surface area (Å²) in [5, 5.41) is 3.39. The predicted octanol–water partition coefficient (Wildman–Crippen LogP) is 1.61. The molecule has 0 radical (unpaired) electrons. The second-order valence-electron chi connectivity index (χ2n) is 5.42. The van der Waals surface area contributed by atoms with Crippen LogP contribution in [0.3, 0.4) is 0 Å². The van der Waals surface area contributed by atoms with Gasteiger partial charge in [0.1, 0.15) is 0 Å². The van der Waals surface area contributed by atoms with Crippen molar-refractivity contribution < 1.29 is 8.42 Å². The third-order valence-electron chi connectivity index (χ3n) is 4.29. The minimum absolute atomic E-state index is 0.250. The first kappa shape index (κ1) is 13.1. The maximum atomic E-state index is 11.4. The average Bonchev–Trinajstić information content (AvgIpc) is 2.90. The van der Waals surface area contributed by atoms with Gasteiger partial charge in [-0.25, -0.2) is 8.42 Å². The lowest BCUT2D eigenvalue weighted by Gasteiger charge is -2.26. The van der Waals surface area contributed by atoms with Crippen molar-refractivity contribution in [3.05, 3.63) is 12.2 Å². The van der Waals surface area contributed by atoms with E-state index in [-0.39, 0.29) is 11.5 Å². The van der Waals surface area contributed by atoms with E-state index in [1.165, 1.54) is 12.8 Å². The Morgan fingerprint density at radius 3 is 2.65 bits per heavy atom. The van der Waals surface area contributed by atoms with Crippen LogP contribution < -0.4 is 5.32 Å². The zero-order valence-electron chi connectivity index (χ0n) is 10.7. The average molecular weight is 257 g/mol. The third kappa shape index (κ3) is 3.10. The minimum Gasteiger partial charge on any atom is -0.313 e. The molecule has 3 nitrogen and oxygen atoms in total. The van der Waals surface area contributed by atoms with E-state index in [2.05, 4.69) is 24.4 Å². The molecule has 2 aliphatic rings. The van der Waals surface area contributed by atoms with E-state index in [1.54, 1.807) is 6.92 Å². The molecule has 0 aliphatic heterocycles. The maximum absolute atomic E-state index is 11.4. The molecule has 2 aliphatic carbocycles. The zero-order chi connectivity index (χ0) is 12.5. The highest BCUT2D eigenvalue weighted by Gasteiger charge is 2.38. The van der Waals surface area contributed by atoms with E-state index in [0.29, 0.717) is 18.5 Å². The van der Waals surface area contributed by atoms with Crippen LogP contribution in [0.25, 0.3) is 0 Å². The van der Waals surface area contributed by atoms with Crippen LogP contribution in [-0.2, 0) is 9.84 Å². The second kappa shape index (κ2) is 5.11. The van der Waals surface area contributed by atoms with E-state index in [0.717, 1.165) is 11.8 Å². The predicted molar refractivity (Wildman–Crippen MR) is 70.6 cm³/mol. The lowest BCUT2D eigenvalue weighted by molar-refractivity contribution is 0.333. The Kier molecular flexibility index (Phi) is 3.93. The van der Waals surface area contributed by atoms with E-state index < -0.39 is 9.84 Å². The number of rotatable bonds is 6. The Hall–Kier alpha value is -0.350. The normalized spacial score (nSPS) is 33.2. The van der Waals surface area contributed by atoms with Gasteiger partial charge in [-0.3, -0.25) is 0 Å². The summed E-state index contributed by atoms with van der Waals surface area (Å²) in [7, 11) is -2.83. The van der Waals surface area contributed by atoms with Crippen molar-refractivity contribution >= 4 is 9.84 Å². The molecule has 0 amide bonds. The molecular formula is C13H23NO2S. The number of sulfone groups is 1. The number of hydrogen-bond donors (Lipinski definition) is 1. The topological polar surface area (TPSA) is 46.2 Å². The molecule has 1 saturated carbocycles. The van der Waals surface area contributed by atoms with Crippen molar-refractivity contribution in [1.82, 2.24) is 5.32 Å². The lowest BCUT2D eigenvalue weighted by Crippen LogP contribution is -2.38. The Balaban J connectivity index is 1.75. The summed E-state index contributed by atoms with van der Waals surface area (Å²) in [5.41, 5.74) is 0. The van der Waals surface area contributed by atoms with E-state index in [1.807, 2.05) is 0 Å². The fourth-order valence-electron chi connectivity index (χ4n) is 3.14. The molecule has 4 unspecified atom stereocenters. The molecule has 0 heterocycles. The van der Waals surface area contributed by atoms with Gasteiger partial charge in [-0.15, -0.1) is 0 Å². The highest BCUT2D eigenvalue weighted by Crippen LogP contribution is 2.44. The van der Waals surface area contributed by atoms with Gasteiger partial charge < -0.3 is 5.32 Å². The molecular weight excluding hydrogens is 234 g/mol. The van der Waals surface area contributed by atoms with Crippen LogP contribution in [0.1, 0.15) is 26.7 Å². The molecule has 4 heteroatoms. The van der Waals surface area contributed by atoms with Crippen LogP contribution in [0.4, 0.5) is 0 Å². The molecule has 17 heavy (non-hydrogen) atoms. The van der Waals surface area contributed by atoms with Gasteiger partial charge in [0.2, 0.25) is 0 Å². The Morgan fingerprint density at radius 1 is 1.35 bits per heavy atom. The third-order valence-corrected chi connectivity index (χ3v) is 6.00. The summed E-state index contributed by atoms with van der Waals surface area (Å²) in [5.74, 6) is 2.73. The number of allylic oxidation sites excluding steroid dienone is 2. The van der Waals surface area contributed by atoms with E-state index >= 15 is 0 Å². The van der Waals surface area contributed by atoms with Crippen LogP contribution in [0.5, 0.6) is 0 Å². The van der Waals surface area contributed by atoms with Crippen LogP contribution >= 0.6 is 0 Å². The highest BCUT2D eigenvalue weighted by atomic mass is 32.2. The summed E-state index contributed by atoms with van der Waals surface area (Å²) in [6.45, 7) is 4.49. The van der Waals surface area contributed by atoms with Crippen molar-refractivity contribution in [2.45, 2.75) is 32.7 Å². The van der Waals surface area contributed by atoms with E-state index in [4.69, 9.17) is 0 Å². The van der Waals surface area contributed by atoms with Crippen molar-refractivity contribution in [3.8, 4) is 0 Å². The molecule has 1 N–H and O–H groups in total. The smallest absolute Gasteiger partial charge is 0.151 e. The van der Waals surface area contributed by atoms with Crippen LogP contribution in [0.2, 0.25) is 0 Å². The molecule has 98 valence electrons. The van der Waals surface area contributed by atoms with Crippen molar-refractivity contribution in [2.24, 2.45) is 17.8 Å². The Morgan fingerprint density at radius 2 is 2.12 bits per heavy atom. The summed E-state index contributed by atoms with van der Waals surface area (Å²) in [6.07, 6.45) is 7.27. The van der Waals surface area contributed by atoms with Gasteiger partial charge in [0.25, 0.3) is 0 Å². The number of hydrogen-bond acceptors (Lipinski definition) is 3. The Bertz CT molecular complexity index is 388. The fourth-order valence-corrected chi connectivity index (χ4v) is 3.85. The molecule has 0 saturated heterocycles. The maximum Gasteiger partial charge on any atom is 0.151 e.